The normalized spacial score (nSPS) is 11.2. The third kappa shape index (κ3) is 5.20. The minimum absolute atomic E-state index is 0.0636. The maximum absolute atomic E-state index is 12.6. The van der Waals surface area contributed by atoms with E-state index in [1.165, 1.54) is 6.92 Å². The molecule has 4 nitrogen and oxygen atoms in total. The maximum Gasteiger partial charge on any atom is 0.433 e. The van der Waals surface area contributed by atoms with E-state index in [0.29, 0.717) is 13.0 Å². The second-order valence-electron chi connectivity index (χ2n) is 5.69. The fourth-order valence-corrected chi connectivity index (χ4v) is 2.38. The molecule has 0 radical (unpaired) electrons. The molecule has 0 unspecified atom stereocenters. The number of hydrogen-bond donors (Lipinski definition) is 1. The Kier molecular flexibility index (Phi) is 6.01. The molecule has 0 bridgehead atoms. The number of nitrogens with zero attached hydrogens (tertiary/aromatic N) is 2. The van der Waals surface area contributed by atoms with Gasteiger partial charge in [-0.3, -0.25) is 4.79 Å². The molecule has 1 amide bonds. The molecule has 0 fully saturated rings. The summed E-state index contributed by atoms with van der Waals surface area (Å²) < 4.78 is 37.8. The number of alkyl halides is 3. The van der Waals surface area contributed by atoms with Crippen molar-refractivity contribution in [3.63, 3.8) is 0 Å². The van der Waals surface area contributed by atoms with Crippen molar-refractivity contribution in [3.05, 3.63) is 59.4 Å². The van der Waals surface area contributed by atoms with Gasteiger partial charge >= 0.3 is 6.18 Å². The summed E-state index contributed by atoms with van der Waals surface area (Å²) in [6.07, 6.45) is -3.80. The molecular formula is C18H20F3N3O. The Labute approximate surface area is 144 Å². The van der Waals surface area contributed by atoms with Gasteiger partial charge in [0.05, 0.1) is 11.3 Å². The van der Waals surface area contributed by atoms with Gasteiger partial charge in [-0.15, -0.1) is 0 Å². The Morgan fingerprint density at radius 3 is 2.44 bits per heavy atom. The highest BCUT2D eigenvalue weighted by Crippen LogP contribution is 2.28. The molecule has 134 valence electrons. The Morgan fingerprint density at radius 2 is 1.84 bits per heavy atom. The fraction of sp³-hybridized carbons (Fsp3) is 0.333. The number of aryl methyl sites for hydroxylation is 1. The lowest BCUT2D eigenvalue weighted by Gasteiger charge is -2.19. The van der Waals surface area contributed by atoms with Crippen molar-refractivity contribution in [3.8, 4) is 0 Å². The highest BCUT2D eigenvalue weighted by Gasteiger charge is 2.33. The molecule has 2 rings (SSSR count). The first-order valence-corrected chi connectivity index (χ1v) is 7.88. The number of aromatic nitrogens is 1. The summed E-state index contributed by atoms with van der Waals surface area (Å²) >= 11 is 0. The monoisotopic (exact) mass is 351 g/mol. The molecule has 25 heavy (non-hydrogen) atoms. The number of para-hydroxylation sites is 1. The summed E-state index contributed by atoms with van der Waals surface area (Å²) in [5, 5.41) is 2.72. The van der Waals surface area contributed by atoms with Crippen molar-refractivity contribution in [1.29, 1.82) is 0 Å². The lowest BCUT2D eigenvalue weighted by molar-refractivity contribution is -0.141. The average molecular weight is 351 g/mol. The van der Waals surface area contributed by atoms with Crippen LogP contribution in [0.4, 0.5) is 18.9 Å². The summed E-state index contributed by atoms with van der Waals surface area (Å²) in [4.78, 5) is 17.6. The summed E-state index contributed by atoms with van der Waals surface area (Å²) in [5.74, 6) is -0.416. The largest absolute Gasteiger partial charge is 0.433 e. The van der Waals surface area contributed by atoms with Crippen molar-refractivity contribution in [1.82, 2.24) is 10.3 Å². The van der Waals surface area contributed by atoms with Gasteiger partial charge in [0.15, 0.2) is 0 Å². The number of carbonyl (C=O) groups excluding carboxylic acids is 1. The molecule has 1 heterocycles. The van der Waals surface area contributed by atoms with Gasteiger partial charge in [0.1, 0.15) is 5.69 Å². The topological polar surface area (TPSA) is 45.2 Å². The molecule has 1 aromatic heterocycles. The van der Waals surface area contributed by atoms with Crippen LogP contribution in [-0.2, 0) is 6.18 Å². The van der Waals surface area contributed by atoms with Crippen LogP contribution in [0, 0.1) is 6.92 Å². The first-order valence-electron chi connectivity index (χ1n) is 7.88. The third-order valence-corrected chi connectivity index (χ3v) is 3.77. The van der Waals surface area contributed by atoms with Crippen LogP contribution in [-0.4, -0.2) is 31.0 Å². The van der Waals surface area contributed by atoms with Crippen molar-refractivity contribution in [2.24, 2.45) is 0 Å². The van der Waals surface area contributed by atoms with Gasteiger partial charge in [-0.1, -0.05) is 18.2 Å². The van der Waals surface area contributed by atoms with E-state index >= 15 is 0 Å². The average Bonchev–Trinajstić information content (AvgIpc) is 2.58. The maximum atomic E-state index is 12.6. The fourth-order valence-electron chi connectivity index (χ4n) is 2.38. The first kappa shape index (κ1) is 18.8. The van der Waals surface area contributed by atoms with Crippen molar-refractivity contribution in [2.75, 3.05) is 25.0 Å². The minimum atomic E-state index is -4.51. The van der Waals surface area contributed by atoms with E-state index in [9.17, 15) is 18.0 Å². The predicted molar refractivity (Wildman–Crippen MR) is 90.6 cm³/mol. The first-order chi connectivity index (χ1) is 11.8. The molecular weight excluding hydrogens is 331 g/mol. The molecule has 0 aliphatic carbocycles. The number of carbonyl (C=O) groups is 1. The second kappa shape index (κ2) is 8.00. The summed E-state index contributed by atoms with van der Waals surface area (Å²) in [6.45, 7) is 2.57. The van der Waals surface area contributed by atoms with E-state index in [4.69, 9.17) is 0 Å². The van der Waals surface area contributed by atoms with Crippen LogP contribution in [0.1, 0.15) is 28.2 Å². The highest BCUT2D eigenvalue weighted by atomic mass is 19.4. The van der Waals surface area contributed by atoms with E-state index in [-0.39, 0.29) is 11.3 Å². The zero-order valence-electron chi connectivity index (χ0n) is 14.1. The van der Waals surface area contributed by atoms with Crippen molar-refractivity contribution < 1.29 is 18.0 Å². The molecule has 1 aromatic carbocycles. The zero-order chi connectivity index (χ0) is 18.4. The molecule has 0 aliphatic rings. The van der Waals surface area contributed by atoms with E-state index in [1.54, 1.807) is 0 Å². The molecule has 7 heteroatoms. The Hall–Kier alpha value is -2.57. The van der Waals surface area contributed by atoms with Crippen LogP contribution in [0.25, 0.3) is 0 Å². The lowest BCUT2D eigenvalue weighted by atomic mass is 10.1. The number of amides is 1. The standard InChI is InChI=1S/C18H20F3N3O/c1-13-15(9-10-16(23-13)18(19,20)21)17(25)22-11-6-12-24(2)14-7-4-3-5-8-14/h3-5,7-10H,6,11-12H2,1-2H3,(H,22,25). The van der Waals surface area contributed by atoms with E-state index in [0.717, 1.165) is 24.4 Å². The van der Waals surface area contributed by atoms with Crippen molar-refractivity contribution in [2.45, 2.75) is 19.5 Å². The predicted octanol–water partition coefficient (Wildman–Crippen LogP) is 3.67. The van der Waals surface area contributed by atoms with Gasteiger partial charge in [0, 0.05) is 25.8 Å². The van der Waals surface area contributed by atoms with Crippen LogP contribution in [0.5, 0.6) is 0 Å². The van der Waals surface area contributed by atoms with Gasteiger partial charge in [-0.2, -0.15) is 13.2 Å². The van der Waals surface area contributed by atoms with E-state index in [2.05, 4.69) is 15.2 Å². The second-order valence-corrected chi connectivity index (χ2v) is 5.69. The van der Waals surface area contributed by atoms with Gasteiger partial charge in [0.25, 0.3) is 5.91 Å². The number of rotatable bonds is 6. The Balaban J connectivity index is 1.84. The van der Waals surface area contributed by atoms with E-state index < -0.39 is 17.8 Å². The summed E-state index contributed by atoms with van der Waals surface area (Å²) in [7, 11) is 1.96. The number of hydrogen-bond acceptors (Lipinski definition) is 3. The third-order valence-electron chi connectivity index (χ3n) is 3.77. The van der Waals surface area contributed by atoms with Crippen molar-refractivity contribution >= 4 is 11.6 Å². The Bertz CT molecular complexity index is 717. The van der Waals surface area contributed by atoms with Crippen LogP contribution < -0.4 is 10.2 Å². The molecule has 2 aromatic rings. The zero-order valence-corrected chi connectivity index (χ0v) is 14.1. The lowest BCUT2D eigenvalue weighted by Crippen LogP contribution is -2.29. The SMILES string of the molecule is Cc1nc(C(F)(F)F)ccc1C(=O)NCCCN(C)c1ccccc1. The van der Waals surface area contributed by atoms with Gasteiger partial charge < -0.3 is 10.2 Å². The van der Waals surface area contributed by atoms with Gasteiger partial charge in [-0.05, 0) is 37.6 Å². The van der Waals surface area contributed by atoms with Crippen LogP contribution in [0.2, 0.25) is 0 Å². The van der Waals surface area contributed by atoms with Crippen LogP contribution in [0.3, 0.4) is 0 Å². The number of pyridine rings is 1. The quantitative estimate of drug-likeness (QED) is 0.808. The van der Waals surface area contributed by atoms with Crippen LogP contribution >= 0.6 is 0 Å². The Morgan fingerprint density at radius 1 is 1.16 bits per heavy atom. The summed E-state index contributed by atoms with van der Waals surface area (Å²) in [6, 6.07) is 11.8. The molecule has 0 spiro atoms. The van der Waals surface area contributed by atoms with Gasteiger partial charge in [0.2, 0.25) is 0 Å². The molecule has 0 aliphatic heterocycles. The minimum Gasteiger partial charge on any atom is -0.375 e. The number of halogens is 3. The van der Waals surface area contributed by atoms with Gasteiger partial charge in [-0.25, -0.2) is 4.98 Å². The number of nitrogens with one attached hydrogen (secondary N) is 1. The van der Waals surface area contributed by atoms with Crippen LogP contribution in [0.15, 0.2) is 42.5 Å². The summed E-state index contributed by atoms with van der Waals surface area (Å²) in [5.41, 5.74) is 0.306. The smallest absolute Gasteiger partial charge is 0.375 e. The molecule has 1 N–H and O–H groups in total. The molecule has 0 atom stereocenters. The van der Waals surface area contributed by atoms with E-state index in [1.807, 2.05) is 37.4 Å². The highest BCUT2D eigenvalue weighted by molar-refractivity contribution is 5.95. The number of anilines is 1. The number of benzene rings is 1. The molecule has 0 saturated carbocycles. The molecule has 0 saturated heterocycles.